The van der Waals surface area contributed by atoms with Crippen LogP contribution in [0.1, 0.15) is 25.8 Å². The third kappa shape index (κ3) is 3.75. The summed E-state index contributed by atoms with van der Waals surface area (Å²) < 4.78 is 0. The highest BCUT2D eigenvalue weighted by atomic mass is 16.2. The number of nitrogens with zero attached hydrogens (tertiary/aromatic N) is 5. The summed E-state index contributed by atoms with van der Waals surface area (Å²) >= 11 is 0. The van der Waals surface area contributed by atoms with Crippen molar-refractivity contribution < 1.29 is 4.79 Å². The lowest BCUT2D eigenvalue weighted by molar-refractivity contribution is -0.135. The van der Waals surface area contributed by atoms with Crippen LogP contribution < -0.4 is 0 Å². The Morgan fingerprint density at radius 3 is 2.48 bits per heavy atom. The smallest absolute Gasteiger partial charge is 0.246 e. The van der Waals surface area contributed by atoms with E-state index < -0.39 is 0 Å². The summed E-state index contributed by atoms with van der Waals surface area (Å²) in [7, 11) is 0. The van der Waals surface area contributed by atoms with Crippen LogP contribution in [0, 0.1) is 18.8 Å². The van der Waals surface area contributed by atoms with E-state index in [-0.39, 0.29) is 12.5 Å². The number of piperidine rings is 1. The van der Waals surface area contributed by atoms with Crippen LogP contribution in [0.3, 0.4) is 0 Å². The van der Waals surface area contributed by atoms with Gasteiger partial charge >= 0.3 is 0 Å². The number of aryl methyl sites for hydroxylation is 1. The normalized spacial score (nSPS) is 21.4. The van der Waals surface area contributed by atoms with Crippen LogP contribution in [0.2, 0.25) is 0 Å². The molecule has 0 spiro atoms. The molecule has 1 fully saturated rings. The highest BCUT2D eigenvalue weighted by molar-refractivity contribution is 5.76. The van der Waals surface area contributed by atoms with Crippen molar-refractivity contribution in [1.82, 2.24) is 25.1 Å². The Kier molecular flexibility index (Phi) is 4.41. The van der Waals surface area contributed by atoms with Crippen LogP contribution in [0.25, 0.3) is 11.4 Å². The van der Waals surface area contributed by atoms with Gasteiger partial charge in [0.25, 0.3) is 0 Å². The number of hydrogen-bond donors (Lipinski definition) is 0. The molecule has 2 atom stereocenters. The average molecular weight is 313 g/mol. The molecule has 0 aliphatic carbocycles. The Hall–Kier alpha value is -2.24. The number of benzene rings is 1. The predicted molar refractivity (Wildman–Crippen MR) is 87.5 cm³/mol. The summed E-state index contributed by atoms with van der Waals surface area (Å²) in [6, 6.07) is 7.95. The van der Waals surface area contributed by atoms with Crippen molar-refractivity contribution in [1.29, 1.82) is 0 Å². The summed E-state index contributed by atoms with van der Waals surface area (Å²) in [6.07, 6.45) is 1.18. The van der Waals surface area contributed by atoms with Gasteiger partial charge in [-0.2, -0.15) is 4.80 Å². The molecule has 1 aliphatic rings. The minimum atomic E-state index is 0.0660. The van der Waals surface area contributed by atoms with Crippen LogP contribution in [-0.2, 0) is 11.3 Å². The van der Waals surface area contributed by atoms with Crippen molar-refractivity contribution >= 4 is 5.91 Å². The van der Waals surface area contributed by atoms with Gasteiger partial charge in [0.05, 0.1) is 0 Å². The van der Waals surface area contributed by atoms with Gasteiger partial charge in [0.15, 0.2) is 0 Å². The maximum atomic E-state index is 12.4. The average Bonchev–Trinajstić information content (AvgIpc) is 2.95. The van der Waals surface area contributed by atoms with Gasteiger partial charge in [0.2, 0.25) is 11.7 Å². The van der Waals surface area contributed by atoms with Crippen LogP contribution in [0.5, 0.6) is 0 Å². The van der Waals surface area contributed by atoms with E-state index in [1.54, 1.807) is 0 Å². The van der Waals surface area contributed by atoms with E-state index in [9.17, 15) is 4.79 Å². The lowest BCUT2D eigenvalue weighted by Gasteiger charge is -2.34. The SMILES string of the molecule is Cc1ccc(-c2nnn(CC(=O)N3C[C@H](C)C[C@@H](C)C3)n2)cc1. The first-order valence-electron chi connectivity index (χ1n) is 8.14. The van der Waals surface area contributed by atoms with E-state index in [0.29, 0.717) is 17.7 Å². The highest BCUT2D eigenvalue weighted by Crippen LogP contribution is 2.21. The second kappa shape index (κ2) is 6.48. The Balaban J connectivity index is 1.66. The van der Waals surface area contributed by atoms with Crippen LogP contribution in [0.4, 0.5) is 0 Å². The van der Waals surface area contributed by atoms with Gasteiger partial charge < -0.3 is 4.90 Å². The van der Waals surface area contributed by atoms with Gasteiger partial charge in [-0.25, -0.2) is 0 Å². The number of likely N-dealkylation sites (tertiary alicyclic amines) is 1. The van der Waals surface area contributed by atoms with E-state index in [4.69, 9.17) is 0 Å². The molecule has 0 N–H and O–H groups in total. The summed E-state index contributed by atoms with van der Waals surface area (Å²) in [5.41, 5.74) is 2.10. The largest absolute Gasteiger partial charge is 0.340 e. The van der Waals surface area contributed by atoms with Gasteiger partial charge in [0, 0.05) is 18.7 Å². The monoisotopic (exact) mass is 313 g/mol. The molecule has 0 unspecified atom stereocenters. The first-order chi connectivity index (χ1) is 11.0. The summed E-state index contributed by atoms with van der Waals surface area (Å²) in [5.74, 6) is 1.72. The molecule has 6 heteroatoms. The van der Waals surface area contributed by atoms with E-state index in [1.807, 2.05) is 36.1 Å². The quantitative estimate of drug-likeness (QED) is 0.871. The number of aromatic nitrogens is 4. The summed E-state index contributed by atoms with van der Waals surface area (Å²) in [6.45, 7) is 8.22. The first kappa shape index (κ1) is 15.6. The fourth-order valence-corrected chi connectivity index (χ4v) is 3.22. The topological polar surface area (TPSA) is 63.9 Å². The third-order valence-corrected chi connectivity index (χ3v) is 4.26. The second-order valence-electron chi connectivity index (χ2n) is 6.75. The summed E-state index contributed by atoms with van der Waals surface area (Å²) in [5, 5.41) is 12.4. The Bertz CT molecular complexity index is 669. The maximum absolute atomic E-state index is 12.4. The Morgan fingerprint density at radius 2 is 1.83 bits per heavy atom. The second-order valence-corrected chi connectivity index (χ2v) is 6.75. The molecule has 1 amide bonds. The van der Waals surface area contributed by atoms with E-state index in [0.717, 1.165) is 18.7 Å². The van der Waals surface area contributed by atoms with E-state index in [1.165, 1.54) is 16.8 Å². The fraction of sp³-hybridized carbons (Fsp3) is 0.529. The minimum absolute atomic E-state index is 0.0660. The zero-order valence-electron chi connectivity index (χ0n) is 13.9. The van der Waals surface area contributed by atoms with Gasteiger partial charge in [-0.3, -0.25) is 4.79 Å². The van der Waals surface area contributed by atoms with Gasteiger partial charge in [-0.05, 0) is 30.4 Å². The molecule has 23 heavy (non-hydrogen) atoms. The van der Waals surface area contributed by atoms with Crippen LogP contribution >= 0.6 is 0 Å². The molecule has 6 nitrogen and oxygen atoms in total. The predicted octanol–water partition coefficient (Wildman–Crippen LogP) is 2.15. The molecule has 1 saturated heterocycles. The Labute approximate surface area is 136 Å². The van der Waals surface area contributed by atoms with Crippen molar-refractivity contribution in [2.45, 2.75) is 33.7 Å². The molecule has 3 rings (SSSR count). The van der Waals surface area contributed by atoms with Gasteiger partial charge in [0.1, 0.15) is 6.54 Å². The number of amides is 1. The molecule has 2 heterocycles. The molecule has 1 aromatic carbocycles. The van der Waals surface area contributed by atoms with Crippen LogP contribution in [0.15, 0.2) is 24.3 Å². The molecule has 0 radical (unpaired) electrons. The Morgan fingerprint density at radius 1 is 1.17 bits per heavy atom. The number of carbonyl (C=O) groups excluding carboxylic acids is 1. The molecule has 1 aliphatic heterocycles. The maximum Gasteiger partial charge on any atom is 0.246 e. The molecule has 122 valence electrons. The van der Waals surface area contributed by atoms with E-state index >= 15 is 0 Å². The zero-order chi connectivity index (χ0) is 16.4. The molecular weight excluding hydrogens is 290 g/mol. The number of rotatable bonds is 3. The molecular formula is C17H23N5O. The van der Waals surface area contributed by atoms with Crippen LogP contribution in [-0.4, -0.2) is 44.1 Å². The van der Waals surface area contributed by atoms with Crippen molar-refractivity contribution in [3.63, 3.8) is 0 Å². The van der Waals surface area contributed by atoms with Crippen molar-refractivity contribution in [3.05, 3.63) is 29.8 Å². The molecule has 1 aromatic heterocycles. The minimum Gasteiger partial charge on any atom is -0.340 e. The lowest BCUT2D eigenvalue weighted by atomic mass is 9.92. The van der Waals surface area contributed by atoms with Gasteiger partial charge in [-0.15, -0.1) is 10.2 Å². The molecule has 0 bridgehead atoms. The van der Waals surface area contributed by atoms with E-state index in [2.05, 4.69) is 29.3 Å². The number of hydrogen-bond acceptors (Lipinski definition) is 4. The standard InChI is InChI=1S/C17H23N5O/c1-12-4-6-15(7-5-12)17-18-20-22(19-17)11-16(23)21-9-13(2)8-14(3)10-21/h4-7,13-14H,8-11H2,1-3H3/t13-,14-/m1/s1. The third-order valence-electron chi connectivity index (χ3n) is 4.26. The lowest BCUT2D eigenvalue weighted by Crippen LogP contribution is -2.44. The number of tetrazole rings is 1. The highest BCUT2D eigenvalue weighted by Gasteiger charge is 2.25. The molecule has 2 aromatic rings. The fourth-order valence-electron chi connectivity index (χ4n) is 3.22. The van der Waals surface area contributed by atoms with Crippen molar-refractivity contribution in [2.75, 3.05) is 13.1 Å². The number of carbonyl (C=O) groups is 1. The van der Waals surface area contributed by atoms with Crippen molar-refractivity contribution in [2.24, 2.45) is 11.8 Å². The zero-order valence-corrected chi connectivity index (χ0v) is 13.9. The molecule has 0 saturated carbocycles. The summed E-state index contributed by atoms with van der Waals surface area (Å²) in [4.78, 5) is 15.8. The van der Waals surface area contributed by atoms with Crippen molar-refractivity contribution in [3.8, 4) is 11.4 Å². The van der Waals surface area contributed by atoms with Gasteiger partial charge in [-0.1, -0.05) is 43.7 Å². The first-order valence-corrected chi connectivity index (χ1v) is 8.14.